The minimum Gasteiger partial charge on any atom is -0.348 e. The standard InChI is InChI=1S/C5H7ClO3/c6-9-5(8)3-1-2-4-7/h4H,1-3H2. The largest absolute Gasteiger partial charge is 0.348 e. The van der Waals surface area contributed by atoms with Crippen molar-refractivity contribution in [2.24, 2.45) is 0 Å². The number of rotatable bonds is 4. The Kier molecular flexibility index (Phi) is 5.21. The third kappa shape index (κ3) is 5.30. The van der Waals surface area contributed by atoms with Gasteiger partial charge < -0.3 is 9.08 Å². The van der Waals surface area contributed by atoms with Gasteiger partial charge in [-0.15, -0.1) is 0 Å². The smallest absolute Gasteiger partial charge is 0.324 e. The van der Waals surface area contributed by atoms with Gasteiger partial charge in [-0.05, 0) is 6.42 Å². The molecule has 0 aliphatic heterocycles. The summed E-state index contributed by atoms with van der Waals surface area (Å²) in [6.07, 6.45) is 1.85. The number of halogens is 1. The fraction of sp³-hybridized carbons (Fsp3) is 0.600. The number of hydrogen-bond donors (Lipinski definition) is 0. The summed E-state index contributed by atoms with van der Waals surface area (Å²) in [4.78, 5) is 19.9. The maximum Gasteiger partial charge on any atom is 0.324 e. The van der Waals surface area contributed by atoms with Gasteiger partial charge in [-0.25, -0.2) is 0 Å². The van der Waals surface area contributed by atoms with E-state index in [1.54, 1.807) is 0 Å². The molecule has 0 aromatic carbocycles. The number of aldehydes is 1. The van der Waals surface area contributed by atoms with Crippen molar-refractivity contribution in [1.82, 2.24) is 0 Å². The van der Waals surface area contributed by atoms with Gasteiger partial charge in [0.25, 0.3) is 0 Å². The van der Waals surface area contributed by atoms with Crippen LogP contribution in [0.2, 0.25) is 0 Å². The first-order valence-corrected chi connectivity index (χ1v) is 2.87. The van der Waals surface area contributed by atoms with Crippen molar-refractivity contribution in [2.45, 2.75) is 19.3 Å². The van der Waals surface area contributed by atoms with Crippen molar-refractivity contribution in [2.75, 3.05) is 0 Å². The zero-order valence-corrected chi connectivity index (χ0v) is 5.56. The quantitative estimate of drug-likeness (QED) is 0.445. The van der Waals surface area contributed by atoms with Gasteiger partial charge in [-0.1, -0.05) is 0 Å². The van der Waals surface area contributed by atoms with Crippen molar-refractivity contribution < 1.29 is 13.9 Å². The Morgan fingerprint density at radius 3 is 2.78 bits per heavy atom. The summed E-state index contributed by atoms with van der Waals surface area (Å²) in [6, 6.07) is 0. The summed E-state index contributed by atoms with van der Waals surface area (Å²) < 4.78 is 3.81. The Morgan fingerprint density at radius 2 is 2.33 bits per heavy atom. The maximum absolute atomic E-state index is 10.2. The van der Waals surface area contributed by atoms with Gasteiger partial charge in [0.1, 0.15) is 18.2 Å². The summed E-state index contributed by atoms with van der Waals surface area (Å²) in [6.45, 7) is 0. The summed E-state index contributed by atoms with van der Waals surface area (Å²) in [7, 11) is 0. The second-order valence-corrected chi connectivity index (χ2v) is 1.66. The highest BCUT2D eigenvalue weighted by Crippen LogP contribution is 1.96. The SMILES string of the molecule is O=CCCCC(=O)OCl. The molecule has 0 atom stereocenters. The summed E-state index contributed by atoms with van der Waals surface area (Å²) in [5.74, 6) is -0.487. The van der Waals surface area contributed by atoms with Crippen LogP contribution in [-0.4, -0.2) is 12.3 Å². The zero-order valence-electron chi connectivity index (χ0n) is 4.80. The first-order chi connectivity index (χ1) is 4.31. The lowest BCUT2D eigenvalue weighted by Gasteiger charge is -1.89. The van der Waals surface area contributed by atoms with Crippen molar-refractivity contribution in [3.63, 3.8) is 0 Å². The number of carbonyl (C=O) groups is 2. The van der Waals surface area contributed by atoms with Gasteiger partial charge in [0.2, 0.25) is 0 Å². The molecule has 0 fully saturated rings. The van der Waals surface area contributed by atoms with E-state index in [0.717, 1.165) is 6.29 Å². The molecule has 0 bridgehead atoms. The van der Waals surface area contributed by atoms with E-state index in [1.807, 2.05) is 0 Å². The predicted molar refractivity (Wildman–Crippen MR) is 31.9 cm³/mol. The van der Waals surface area contributed by atoms with Crippen molar-refractivity contribution in [3.8, 4) is 0 Å². The minimum absolute atomic E-state index is 0.211. The van der Waals surface area contributed by atoms with Crippen LogP contribution in [0, 0.1) is 0 Å². The van der Waals surface area contributed by atoms with Gasteiger partial charge in [0, 0.05) is 12.8 Å². The molecule has 0 N–H and O–H groups in total. The molecular formula is C5H7ClO3. The lowest BCUT2D eigenvalue weighted by Crippen LogP contribution is -1.95. The first-order valence-electron chi connectivity index (χ1n) is 2.56. The average molecular weight is 151 g/mol. The molecule has 0 saturated carbocycles. The van der Waals surface area contributed by atoms with E-state index in [4.69, 9.17) is 11.9 Å². The lowest BCUT2D eigenvalue weighted by molar-refractivity contribution is -0.134. The second kappa shape index (κ2) is 5.56. The first kappa shape index (κ1) is 8.43. The summed E-state index contributed by atoms with van der Waals surface area (Å²) >= 11 is 4.69. The van der Waals surface area contributed by atoms with E-state index in [0.29, 0.717) is 12.8 Å². The van der Waals surface area contributed by atoms with E-state index < -0.39 is 5.97 Å². The van der Waals surface area contributed by atoms with Crippen LogP contribution in [-0.2, 0) is 13.9 Å². The molecule has 0 unspecified atom stereocenters. The molecule has 0 heterocycles. The van der Waals surface area contributed by atoms with Crippen LogP contribution in [0.1, 0.15) is 19.3 Å². The molecule has 3 nitrogen and oxygen atoms in total. The van der Waals surface area contributed by atoms with Crippen LogP contribution >= 0.6 is 11.9 Å². The van der Waals surface area contributed by atoms with Crippen LogP contribution in [0.4, 0.5) is 0 Å². The van der Waals surface area contributed by atoms with Crippen molar-refractivity contribution >= 4 is 24.1 Å². The maximum atomic E-state index is 10.2. The molecule has 0 saturated heterocycles. The zero-order chi connectivity index (χ0) is 7.11. The summed E-state index contributed by atoms with van der Waals surface area (Å²) in [5, 5.41) is 0. The third-order valence-corrected chi connectivity index (χ3v) is 0.961. The van der Waals surface area contributed by atoms with Gasteiger partial charge in [-0.3, -0.25) is 4.79 Å². The van der Waals surface area contributed by atoms with E-state index in [2.05, 4.69) is 4.29 Å². The topological polar surface area (TPSA) is 43.4 Å². The number of carbonyl (C=O) groups excluding carboxylic acids is 2. The van der Waals surface area contributed by atoms with Crippen molar-refractivity contribution in [3.05, 3.63) is 0 Å². The van der Waals surface area contributed by atoms with E-state index in [1.165, 1.54) is 0 Å². The van der Waals surface area contributed by atoms with E-state index in [9.17, 15) is 9.59 Å². The molecular weight excluding hydrogens is 144 g/mol. The molecule has 0 amide bonds. The van der Waals surface area contributed by atoms with Crippen LogP contribution < -0.4 is 0 Å². The van der Waals surface area contributed by atoms with Gasteiger partial charge in [-0.2, -0.15) is 0 Å². The molecule has 4 heteroatoms. The lowest BCUT2D eigenvalue weighted by atomic mass is 10.2. The van der Waals surface area contributed by atoms with Gasteiger partial charge in [0.15, 0.2) is 0 Å². The molecule has 0 radical (unpaired) electrons. The van der Waals surface area contributed by atoms with Crippen LogP contribution in [0.3, 0.4) is 0 Å². The normalized spacial score (nSPS) is 8.56. The molecule has 0 rings (SSSR count). The Morgan fingerprint density at radius 1 is 1.67 bits per heavy atom. The fourth-order valence-corrected chi connectivity index (χ4v) is 0.445. The molecule has 0 aliphatic carbocycles. The second-order valence-electron chi connectivity index (χ2n) is 1.51. The highest BCUT2D eigenvalue weighted by molar-refractivity contribution is 6.13. The Labute approximate surface area is 58.1 Å². The Bertz CT molecular complexity index is 102. The Hall–Kier alpha value is -0.570. The molecule has 9 heavy (non-hydrogen) atoms. The number of unbranched alkanes of at least 4 members (excludes halogenated alkanes) is 1. The minimum atomic E-state index is -0.487. The molecule has 0 spiro atoms. The fourth-order valence-electron chi connectivity index (χ4n) is 0.368. The molecule has 52 valence electrons. The summed E-state index contributed by atoms with van der Waals surface area (Å²) in [5.41, 5.74) is 0. The Balaban J connectivity index is 3.06. The third-order valence-electron chi connectivity index (χ3n) is 0.789. The van der Waals surface area contributed by atoms with Gasteiger partial charge in [0.05, 0.1) is 0 Å². The predicted octanol–water partition coefficient (Wildman–Crippen LogP) is 1.05. The highest BCUT2D eigenvalue weighted by atomic mass is 35.5. The molecule has 0 aromatic rings. The van der Waals surface area contributed by atoms with Gasteiger partial charge >= 0.3 is 5.97 Å². The molecule has 0 aromatic heterocycles. The van der Waals surface area contributed by atoms with Crippen LogP contribution in [0.25, 0.3) is 0 Å². The van der Waals surface area contributed by atoms with Crippen LogP contribution in [0.5, 0.6) is 0 Å². The monoisotopic (exact) mass is 150 g/mol. The van der Waals surface area contributed by atoms with E-state index in [-0.39, 0.29) is 6.42 Å². The van der Waals surface area contributed by atoms with E-state index >= 15 is 0 Å². The highest BCUT2D eigenvalue weighted by Gasteiger charge is 1.98. The molecule has 0 aliphatic rings. The van der Waals surface area contributed by atoms with Crippen LogP contribution in [0.15, 0.2) is 0 Å². The average Bonchev–Trinajstić information content (AvgIpc) is 1.89. The van der Waals surface area contributed by atoms with Crippen molar-refractivity contribution in [1.29, 1.82) is 0 Å². The number of hydrogen-bond acceptors (Lipinski definition) is 3.